The molecule has 0 atom stereocenters. The van der Waals surface area contributed by atoms with Gasteiger partial charge < -0.3 is 9.72 Å². The third kappa shape index (κ3) is 2.61. The molecule has 0 saturated carbocycles. The molecule has 0 spiro atoms. The number of nitrogens with zero attached hydrogens (tertiary/aromatic N) is 1. The molecular weight excluding hydrogens is 311 g/mol. The fourth-order valence-electron chi connectivity index (χ4n) is 1.80. The SMILES string of the molecule is Fc1ccc(OCc2ccc3[nH]cnc3c2)cc1Br. The molecule has 1 heterocycles. The summed E-state index contributed by atoms with van der Waals surface area (Å²) in [4.78, 5) is 7.23. The predicted octanol–water partition coefficient (Wildman–Crippen LogP) is 4.04. The Labute approximate surface area is 117 Å². The highest BCUT2D eigenvalue weighted by Crippen LogP contribution is 2.22. The number of fused-ring (bicyclic) bond motifs is 1. The van der Waals surface area contributed by atoms with E-state index in [4.69, 9.17) is 4.74 Å². The number of hydrogen-bond acceptors (Lipinski definition) is 2. The van der Waals surface area contributed by atoms with E-state index in [2.05, 4.69) is 25.9 Å². The van der Waals surface area contributed by atoms with Crippen LogP contribution in [0.5, 0.6) is 5.75 Å². The van der Waals surface area contributed by atoms with Crippen LogP contribution in [0.1, 0.15) is 5.56 Å². The van der Waals surface area contributed by atoms with Crippen molar-refractivity contribution >= 4 is 27.0 Å². The van der Waals surface area contributed by atoms with Gasteiger partial charge in [-0.1, -0.05) is 6.07 Å². The minimum atomic E-state index is -0.301. The summed E-state index contributed by atoms with van der Waals surface area (Å²) in [5.41, 5.74) is 2.91. The second-order valence-electron chi connectivity index (χ2n) is 4.12. The lowest BCUT2D eigenvalue weighted by Gasteiger charge is -2.07. The van der Waals surface area contributed by atoms with Gasteiger partial charge in [-0.3, -0.25) is 0 Å². The minimum absolute atomic E-state index is 0.301. The van der Waals surface area contributed by atoms with Crippen LogP contribution in [0.4, 0.5) is 4.39 Å². The summed E-state index contributed by atoms with van der Waals surface area (Å²) in [5.74, 6) is 0.320. The predicted molar refractivity (Wildman–Crippen MR) is 74.5 cm³/mol. The molecule has 19 heavy (non-hydrogen) atoms. The Hall–Kier alpha value is -1.88. The van der Waals surface area contributed by atoms with Gasteiger partial charge in [-0.05, 0) is 51.8 Å². The zero-order valence-corrected chi connectivity index (χ0v) is 11.4. The molecule has 3 nitrogen and oxygen atoms in total. The zero-order chi connectivity index (χ0) is 13.2. The number of H-pyrrole nitrogens is 1. The van der Waals surface area contributed by atoms with Gasteiger partial charge in [0.25, 0.3) is 0 Å². The van der Waals surface area contributed by atoms with Gasteiger partial charge in [0.1, 0.15) is 18.2 Å². The van der Waals surface area contributed by atoms with Crippen molar-refractivity contribution in [1.29, 1.82) is 0 Å². The third-order valence-corrected chi connectivity index (χ3v) is 3.39. The lowest BCUT2D eigenvalue weighted by molar-refractivity contribution is 0.305. The Morgan fingerprint density at radius 2 is 2.11 bits per heavy atom. The van der Waals surface area contributed by atoms with Crippen LogP contribution >= 0.6 is 15.9 Å². The molecule has 1 aromatic heterocycles. The lowest BCUT2D eigenvalue weighted by atomic mass is 10.2. The van der Waals surface area contributed by atoms with Crippen LogP contribution in [0.3, 0.4) is 0 Å². The minimum Gasteiger partial charge on any atom is -0.489 e. The van der Waals surface area contributed by atoms with Crippen LogP contribution in [0.15, 0.2) is 47.2 Å². The number of benzene rings is 2. The van der Waals surface area contributed by atoms with E-state index in [0.717, 1.165) is 16.6 Å². The molecular formula is C14H10BrFN2O. The first-order chi connectivity index (χ1) is 9.22. The van der Waals surface area contributed by atoms with Gasteiger partial charge >= 0.3 is 0 Å². The third-order valence-electron chi connectivity index (χ3n) is 2.78. The van der Waals surface area contributed by atoms with Crippen LogP contribution in [-0.4, -0.2) is 9.97 Å². The first-order valence-electron chi connectivity index (χ1n) is 5.72. The van der Waals surface area contributed by atoms with Crippen LogP contribution in [0.2, 0.25) is 0 Å². The van der Waals surface area contributed by atoms with Gasteiger partial charge in [0.05, 0.1) is 21.8 Å². The summed E-state index contributed by atoms with van der Waals surface area (Å²) in [6.45, 7) is 0.418. The standard InChI is InChI=1S/C14H10BrFN2O/c15-11-6-10(2-3-12(11)16)19-7-9-1-4-13-14(5-9)18-8-17-13/h1-6,8H,7H2,(H,17,18). The number of halogens is 2. The fourth-order valence-corrected chi connectivity index (χ4v) is 2.16. The lowest BCUT2D eigenvalue weighted by Crippen LogP contribution is -1.95. The number of ether oxygens (including phenoxy) is 1. The van der Waals surface area contributed by atoms with Gasteiger partial charge in [0.15, 0.2) is 0 Å². The highest BCUT2D eigenvalue weighted by Gasteiger charge is 2.03. The number of aromatic amines is 1. The Balaban J connectivity index is 1.75. The highest BCUT2D eigenvalue weighted by atomic mass is 79.9. The van der Waals surface area contributed by atoms with Crippen molar-refractivity contribution in [1.82, 2.24) is 9.97 Å². The van der Waals surface area contributed by atoms with E-state index in [9.17, 15) is 4.39 Å². The number of imidazole rings is 1. The van der Waals surface area contributed by atoms with Gasteiger partial charge in [-0.15, -0.1) is 0 Å². The maximum Gasteiger partial charge on any atom is 0.137 e. The molecule has 0 aliphatic rings. The molecule has 0 aliphatic heterocycles. The first-order valence-corrected chi connectivity index (χ1v) is 6.51. The largest absolute Gasteiger partial charge is 0.489 e. The summed E-state index contributed by atoms with van der Waals surface area (Å²) in [6.07, 6.45) is 1.66. The Morgan fingerprint density at radius 3 is 2.95 bits per heavy atom. The number of nitrogens with one attached hydrogen (secondary N) is 1. The first kappa shape index (κ1) is 12.2. The fraction of sp³-hybridized carbons (Fsp3) is 0.0714. The van der Waals surface area contributed by atoms with Gasteiger partial charge in [-0.25, -0.2) is 9.37 Å². The molecule has 0 radical (unpaired) electrons. The van der Waals surface area contributed by atoms with E-state index >= 15 is 0 Å². The van der Waals surface area contributed by atoms with E-state index < -0.39 is 0 Å². The van der Waals surface area contributed by atoms with Crippen molar-refractivity contribution in [3.63, 3.8) is 0 Å². The molecule has 2 aromatic carbocycles. The monoisotopic (exact) mass is 320 g/mol. The van der Waals surface area contributed by atoms with E-state index in [-0.39, 0.29) is 5.82 Å². The van der Waals surface area contributed by atoms with Crippen molar-refractivity contribution < 1.29 is 9.13 Å². The van der Waals surface area contributed by atoms with Crippen molar-refractivity contribution in [2.24, 2.45) is 0 Å². The molecule has 5 heteroatoms. The molecule has 1 N–H and O–H groups in total. The van der Waals surface area contributed by atoms with Crippen LogP contribution in [0.25, 0.3) is 11.0 Å². The molecule has 0 aliphatic carbocycles. The molecule has 0 unspecified atom stereocenters. The smallest absolute Gasteiger partial charge is 0.137 e. The summed E-state index contributed by atoms with van der Waals surface area (Å²) in [6, 6.07) is 10.5. The Kier molecular flexibility index (Phi) is 3.21. The maximum atomic E-state index is 13.1. The van der Waals surface area contributed by atoms with Crippen molar-refractivity contribution in [3.05, 3.63) is 58.6 Å². The molecule has 0 saturated heterocycles. The Morgan fingerprint density at radius 1 is 1.21 bits per heavy atom. The van der Waals surface area contributed by atoms with Gasteiger partial charge in [0, 0.05) is 0 Å². The van der Waals surface area contributed by atoms with Gasteiger partial charge in [-0.2, -0.15) is 0 Å². The molecule has 96 valence electrons. The van der Waals surface area contributed by atoms with E-state index in [1.807, 2.05) is 18.2 Å². The summed E-state index contributed by atoms with van der Waals surface area (Å²) >= 11 is 3.13. The topological polar surface area (TPSA) is 37.9 Å². The second kappa shape index (κ2) is 5.01. The number of hydrogen-bond donors (Lipinski definition) is 1. The van der Waals surface area contributed by atoms with Crippen LogP contribution < -0.4 is 4.74 Å². The molecule has 3 aromatic rings. The quantitative estimate of drug-likeness (QED) is 0.790. The molecule has 3 rings (SSSR count). The number of aromatic nitrogens is 2. The van der Waals surface area contributed by atoms with Crippen molar-refractivity contribution in [3.8, 4) is 5.75 Å². The van der Waals surface area contributed by atoms with E-state index in [1.54, 1.807) is 18.5 Å². The second-order valence-corrected chi connectivity index (χ2v) is 4.97. The van der Waals surface area contributed by atoms with E-state index in [0.29, 0.717) is 16.8 Å². The normalized spacial score (nSPS) is 10.8. The molecule has 0 amide bonds. The summed E-state index contributed by atoms with van der Waals surface area (Å²) in [7, 11) is 0. The average molecular weight is 321 g/mol. The van der Waals surface area contributed by atoms with E-state index in [1.165, 1.54) is 6.07 Å². The van der Waals surface area contributed by atoms with Gasteiger partial charge in [0.2, 0.25) is 0 Å². The highest BCUT2D eigenvalue weighted by molar-refractivity contribution is 9.10. The van der Waals surface area contributed by atoms with Crippen LogP contribution in [0, 0.1) is 5.82 Å². The summed E-state index contributed by atoms with van der Waals surface area (Å²) in [5, 5.41) is 0. The van der Waals surface area contributed by atoms with Crippen molar-refractivity contribution in [2.45, 2.75) is 6.61 Å². The summed E-state index contributed by atoms with van der Waals surface area (Å²) < 4.78 is 19.1. The van der Waals surface area contributed by atoms with Crippen molar-refractivity contribution in [2.75, 3.05) is 0 Å². The number of rotatable bonds is 3. The Bertz CT molecular complexity index is 726. The maximum absolute atomic E-state index is 13.1. The zero-order valence-electron chi connectivity index (χ0n) is 9.86. The molecule has 0 bridgehead atoms. The average Bonchev–Trinajstić information content (AvgIpc) is 2.87. The molecule has 0 fully saturated rings. The van der Waals surface area contributed by atoms with Crippen LogP contribution in [-0.2, 0) is 6.61 Å².